The molecule has 0 atom stereocenters. The van der Waals surface area contributed by atoms with Crippen LogP contribution in [0.5, 0.6) is 0 Å². The Bertz CT molecular complexity index is 631. The molecule has 0 aliphatic carbocycles. The van der Waals surface area contributed by atoms with E-state index in [1.165, 1.54) is 31.2 Å². The smallest absolute Gasteiger partial charge is 0.227 e. The molecule has 1 aromatic carbocycles. The molecular formula is C18H24N4. The van der Waals surface area contributed by atoms with Crippen molar-refractivity contribution in [3.63, 3.8) is 0 Å². The number of hydrogen-bond acceptors (Lipinski definition) is 4. The number of nitrogens with zero attached hydrogens (tertiary/aromatic N) is 3. The third-order valence-corrected chi connectivity index (χ3v) is 4.14. The quantitative estimate of drug-likeness (QED) is 0.921. The van der Waals surface area contributed by atoms with Crippen molar-refractivity contribution in [2.45, 2.75) is 39.5 Å². The van der Waals surface area contributed by atoms with Crippen molar-refractivity contribution >= 4 is 17.5 Å². The van der Waals surface area contributed by atoms with Gasteiger partial charge >= 0.3 is 0 Å². The molecule has 0 spiro atoms. The second-order valence-electron chi connectivity index (χ2n) is 6.04. The fourth-order valence-electron chi connectivity index (χ4n) is 2.88. The molecule has 22 heavy (non-hydrogen) atoms. The topological polar surface area (TPSA) is 41.1 Å². The maximum Gasteiger partial charge on any atom is 0.227 e. The van der Waals surface area contributed by atoms with E-state index in [2.05, 4.69) is 40.3 Å². The first kappa shape index (κ1) is 14.8. The summed E-state index contributed by atoms with van der Waals surface area (Å²) in [4.78, 5) is 11.7. The number of aryl methyl sites for hydroxylation is 2. The number of benzene rings is 1. The second-order valence-corrected chi connectivity index (χ2v) is 6.04. The molecule has 0 amide bonds. The van der Waals surface area contributed by atoms with Crippen LogP contribution in [-0.4, -0.2) is 23.1 Å². The van der Waals surface area contributed by atoms with Crippen LogP contribution in [0.1, 0.15) is 36.9 Å². The maximum absolute atomic E-state index is 4.74. The summed E-state index contributed by atoms with van der Waals surface area (Å²) < 4.78 is 0. The van der Waals surface area contributed by atoms with Crippen molar-refractivity contribution in [1.82, 2.24) is 9.97 Å². The molecule has 0 radical (unpaired) electrons. The van der Waals surface area contributed by atoms with E-state index in [0.717, 1.165) is 36.2 Å². The Hall–Kier alpha value is -2.10. The standard InChI is InChI=1S/C18H24N4/c1-14-9-5-6-10-16(14)20-17-13-15(2)19-18(21-17)22-11-7-3-4-8-12-22/h5-6,9-10,13H,3-4,7-8,11-12H2,1-2H3,(H,19,20,21). The third-order valence-electron chi connectivity index (χ3n) is 4.14. The number of para-hydroxylation sites is 1. The van der Waals surface area contributed by atoms with Crippen LogP contribution in [0.2, 0.25) is 0 Å². The molecule has 0 bridgehead atoms. The summed E-state index contributed by atoms with van der Waals surface area (Å²) in [5.74, 6) is 1.74. The number of hydrogen-bond donors (Lipinski definition) is 1. The van der Waals surface area contributed by atoms with Crippen molar-refractivity contribution < 1.29 is 0 Å². The molecule has 2 aromatic rings. The van der Waals surface area contributed by atoms with Gasteiger partial charge in [-0.1, -0.05) is 31.0 Å². The summed E-state index contributed by atoms with van der Waals surface area (Å²) in [6, 6.07) is 10.3. The van der Waals surface area contributed by atoms with Gasteiger partial charge in [0.15, 0.2) is 0 Å². The summed E-state index contributed by atoms with van der Waals surface area (Å²) in [6.45, 7) is 6.26. The lowest BCUT2D eigenvalue weighted by atomic mass is 10.2. The predicted octanol–water partition coefficient (Wildman–Crippen LogP) is 4.22. The van der Waals surface area contributed by atoms with Crippen LogP contribution < -0.4 is 10.2 Å². The minimum Gasteiger partial charge on any atom is -0.341 e. The van der Waals surface area contributed by atoms with E-state index in [-0.39, 0.29) is 0 Å². The minimum absolute atomic E-state index is 0.859. The molecule has 1 saturated heterocycles. The molecule has 1 fully saturated rings. The van der Waals surface area contributed by atoms with Gasteiger partial charge in [0.2, 0.25) is 5.95 Å². The average molecular weight is 296 g/mol. The molecule has 2 heterocycles. The van der Waals surface area contributed by atoms with Gasteiger partial charge in [-0.15, -0.1) is 0 Å². The maximum atomic E-state index is 4.74. The fraction of sp³-hybridized carbons (Fsp3) is 0.444. The first-order chi connectivity index (χ1) is 10.7. The normalized spacial score (nSPS) is 15.5. The summed E-state index contributed by atoms with van der Waals surface area (Å²) >= 11 is 0. The van der Waals surface area contributed by atoms with Crippen molar-refractivity contribution in [2.75, 3.05) is 23.3 Å². The van der Waals surface area contributed by atoms with E-state index in [4.69, 9.17) is 4.98 Å². The van der Waals surface area contributed by atoms with Crippen molar-refractivity contribution in [3.8, 4) is 0 Å². The Morgan fingerprint density at radius 1 is 0.955 bits per heavy atom. The lowest BCUT2D eigenvalue weighted by Gasteiger charge is -2.21. The molecule has 1 aliphatic heterocycles. The predicted molar refractivity (Wildman–Crippen MR) is 91.9 cm³/mol. The Balaban J connectivity index is 1.84. The van der Waals surface area contributed by atoms with Gasteiger partial charge in [0, 0.05) is 30.5 Å². The van der Waals surface area contributed by atoms with Gasteiger partial charge in [-0.3, -0.25) is 0 Å². The highest BCUT2D eigenvalue weighted by molar-refractivity contribution is 5.61. The molecular weight excluding hydrogens is 272 g/mol. The van der Waals surface area contributed by atoms with Gasteiger partial charge in [0.05, 0.1) is 0 Å². The van der Waals surface area contributed by atoms with Gasteiger partial charge in [0.1, 0.15) is 5.82 Å². The van der Waals surface area contributed by atoms with Crippen LogP contribution in [-0.2, 0) is 0 Å². The Kier molecular flexibility index (Phi) is 4.56. The summed E-state index contributed by atoms with van der Waals surface area (Å²) in [5, 5.41) is 3.43. The highest BCUT2D eigenvalue weighted by Gasteiger charge is 2.14. The van der Waals surface area contributed by atoms with Crippen molar-refractivity contribution in [1.29, 1.82) is 0 Å². The highest BCUT2D eigenvalue weighted by Crippen LogP contribution is 2.22. The fourth-order valence-corrected chi connectivity index (χ4v) is 2.88. The second kappa shape index (κ2) is 6.77. The van der Waals surface area contributed by atoms with Crippen LogP contribution >= 0.6 is 0 Å². The number of rotatable bonds is 3. The SMILES string of the molecule is Cc1cc(Nc2ccccc2C)nc(N2CCCCCC2)n1. The van der Waals surface area contributed by atoms with E-state index in [1.807, 2.05) is 19.1 Å². The van der Waals surface area contributed by atoms with E-state index >= 15 is 0 Å². The zero-order valence-electron chi connectivity index (χ0n) is 13.5. The van der Waals surface area contributed by atoms with Crippen LogP contribution in [0, 0.1) is 13.8 Å². The van der Waals surface area contributed by atoms with Crippen LogP contribution in [0.15, 0.2) is 30.3 Å². The molecule has 1 aromatic heterocycles. The van der Waals surface area contributed by atoms with Crippen LogP contribution in [0.25, 0.3) is 0 Å². The van der Waals surface area contributed by atoms with E-state index < -0.39 is 0 Å². The zero-order chi connectivity index (χ0) is 15.4. The third kappa shape index (κ3) is 3.56. The molecule has 4 heteroatoms. The highest BCUT2D eigenvalue weighted by atomic mass is 15.3. The molecule has 3 rings (SSSR count). The van der Waals surface area contributed by atoms with E-state index in [1.54, 1.807) is 0 Å². The molecule has 1 aliphatic rings. The molecule has 1 N–H and O–H groups in total. The van der Waals surface area contributed by atoms with Crippen molar-refractivity contribution in [2.24, 2.45) is 0 Å². The summed E-state index contributed by atoms with van der Waals surface area (Å²) in [7, 11) is 0. The van der Waals surface area contributed by atoms with Crippen LogP contribution in [0.3, 0.4) is 0 Å². The van der Waals surface area contributed by atoms with Gasteiger partial charge in [-0.25, -0.2) is 4.98 Å². The number of nitrogens with one attached hydrogen (secondary N) is 1. The van der Waals surface area contributed by atoms with Gasteiger partial charge < -0.3 is 10.2 Å². The Morgan fingerprint density at radius 2 is 1.68 bits per heavy atom. The van der Waals surface area contributed by atoms with E-state index in [9.17, 15) is 0 Å². The lowest BCUT2D eigenvalue weighted by Crippen LogP contribution is -2.26. The largest absolute Gasteiger partial charge is 0.341 e. The average Bonchev–Trinajstić information content (AvgIpc) is 2.78. The Morgan fingerprint density at radius 3 is 2.41 bits per heavy atom. The Labute approximate surface area is 132 Å². The summed E-state index contributed by atoms with van der Waals surface area (Å²) in [5.41, 5.74) is 3.32. The molecule has 0 unspecified atom stereocenters. The number of aromatic nitrogens is 2. The lowest BCUT2D eigenvalue weighted by molar-refractivity contribution is 0.726. The first-order valence-electron chi connectivity index (χ1n) is 8.16. The zero-order valence-corrected chi connectivity index (χ0v) is 13.5. The van der Waals surface area contributed by atoms with E-state index in [0.29, 0.717) is 0 Å². The van der Waals surface area contributed by atoms with Gasteiger partial charge in [-0.2, -0.15) is 4.98 Å². The molecule has 0 saturated carbocycles. The minimum atomic E-state index is 0.859. The molecule has 116 valence electrons. The van der Waals surface area contributed by atoms with Gasteiger partial charge in [-0.05, 0) is 38.3 Å². The van der Waals surface area contributed by atoms with Crippen molar-refractivity contribution in [3.05, 3.63) is 41.6 Å². The number of anilines is 3. The first-order valence-corrected chi connectivity index (χ1v) is 8.16. The summed E-state index contributed by atoms with van der Waals surface area (Å²) in [6.07, 6.45) is 5.10. The monoisotopic (exact) mass is 296 g/mol. The van der Waals surface area contributed by atoms with Crippen LogP contribution in [0.4, 0.5) is 17.5 Å². The van der Waals surface area contributed by atoms with Gasteiger partial charge in [0.25, 0.3) is 0 Å². The molecule has 4 nitrogen and oxygen atoms in total.